The van der Waals surface area contributed by atoms with E-state index in [9.17, 15) is 5.11 Å². The van der Waals surface area contributed by atoms with E-state index in [-0.39, 0.29) is 0 Å². The van der Waals surface area contributed by atoms with E-state index in [1.165, 1.54) is 3.57 Å². The van der Waals surface area contributed by atoms with Gasteiger partial charge in [-0.25, -0.2) is 0 Å². The van der Waals surface area contributed by atoms with Gasteiger partial charge < -0.3 is 9.84 Å². The number of aliphatic hydroxyl groups is 1. The Morgan fingerprint density at radius 3 is 1.85 bits per heavy atom. The first-order valence-electron chi connectivity index (χ1n) is 6.58. The Balaban J connectivity index is 2.03. The van der Waals surface area contributed by atoms with E-state index in [2.05, 4.69) is 46.9 Å². The van der Waals surface area contributed by atoms with Crippen molar-refractivity contribution in [2.45, 2.75) is 25.4 Å². The molecule has 0 aromatic heterocycles. The first-order chi connectivity index (χ1) is 9.48. The van der Waals surface area contributed by atoms with Gasteiger partial charge in [-0.2, -0.15) is 0 Å². The van der Waals surface area contributed by atoms with Crippen molar-refractivity contribution in [2.24, 2.45) is 0 Å². The Labute approximate surface area is 133 Å². The molecule has 2 aromatic carbocycles. The quantitative estimate of drug-likeness (QED) is 0.797. The third kappa shape index (κ3) is 4.49. The number of hydrogen-bond donors (Lipinski definition) is 1. The van der Waals surface area contributed by atoms with Crippen molar-refractivity contribution >= 4 is 22.6 Å². The summed E-state index contributed by atoms with van der Waals surface area (Å²) in [6, 6.07) is 16.1. The van der Waals surface area contributed by atoms with Crippen LogP contribution in [0.1, 0.15) is 18.1 Å². The fourth-order valence-electron chi connectivity index (χ4n) is 2.29. The molecule has 20 heavy (non-hydrogen) atoms. The van der Waals surface area contributed by atoms with Crippen LogP contribution in [0.25, 0.3) is 0 Å². The summed E-state index contributed by atoms with van der Waals surface area (Å²) >= 11 is 2.28. The van der Waals surface area contributed by atoms with Gasteiger partial charge in [0.2, 0.25) is 0 Å². The molecule has 1 unspecified atom stereocenters. The maximum Gasteiger partial charge on any atom is 0.118 e. The molecule has 1 atom stereocenters. The molecular formula is C17H19IO2. The Morgan fingerprint density at radius 1 is 0.950 bits per heavy atom. The highest BCUT2D eigenvalue weighted by molar-refractivity contribution is 14.1. The lowest BCUT2D eigenvalue weighted by Gasteiger charge is -2.23. The Hall–Kier alpha value is -1.07. The number of ether oxygens (including phenoxy) is 1. The van der Waals surface area contributed by atoms with Crippen LogP contribution in [-0.2, 0) is 12.8 Å². The molecular weight excluding hydrogens is 363 g/mol. The minimum absolute atomic E-state index is 0.628. The van der Waals surface area contributed by atoms with Crippen LogP contribution in [0.2, 0.25) is 0 Å². The zero-order valence-electron chi connectivity index (χ0n) is 11.8. The van der Waals surface area contributed by atoms with Crippen LogP contribution in [0.4, 0.5) is 0 Å². The molecule has 0 aliphatic heterocycles. The lowest BCUT2D eigenvalue weighted by molar-refractivity contribution is 0.0608. The number of halogens is 1. The maximum atomic E-state index is 10.6. The number of hydrogen-bond acceptors (Lipinski definition) is 2. The van der Waals surface area contributed by atoms with Gasteiger partial charge in [0.15, 0.2) is 0 Å². The molecule has 0 bridgehead atoms. The molecule has 0 spiro atoms. The molecule has 0 aliphatic rings. The minimum atomic E-state index is -0.749. The molecule has 0 radical (unpaired) electrons. The highest BCUT2D eigenvalue weighted by Crippen LogP contribution is 2.21. The third-order valence-corrected chi connectivity index (χ3v) is 3.96. The first-order valence-corrected chi connectivity index (χ1v) is 7.66. The zero-order chi connectivity index (χ0) is 14.6. The van der Waals surface area contributed by atoms with Gasteiger partial charge in [0.05, 0.1) is 12.7 Å². The molecule has 106 valence electrons. The van der Waals surface area contributed by atoms with Crippen molar-refractivity contribution in [2.75, 3.05) is 7.11 Å². The van der Waals surface area contributed by atoms with Crippen molar-refractivity contribution in [1.82, 2.24) is 0 Å². The average molecular weight is 382 g/mol. The van der Waals surface area contributed by atoms with Crippen LogP contribution in [0, 0.1) is 3.57 Å². The van der Waals surface area contributed by atoms with Gasteiger partial charge in [0.25, 0.3) is 0 Å². The van der Waals surface area contributed by atoms with Crippen LogP contribution in [0.15, 0.2) is 48.5 Å². The standard InChI is InChI=1S/C17H19IO2/c1-17(19,11-13-3-7-15(18)8-4-13)12-14-5-9-16(20-2)10-6-14/h3-10,19H,11-12H2,1-2H3. The Bertz CT molecular complexity index is 544. The van der Waals surface area contributed by atoms with Crippen molar-refractivity contribution in [3.8, 4) is 5.75 Å². The second-order valence-corrected chi connectivity index (χ2v) is 6.57. The lowest BCUT2D eigenvalue weighted by atomic mass is 9.90. The van der Waals surface area contributed by atoms with Crippen molar-refractivity contribution in [3.05, 3.63) is 63.2 Å². The summed E-state index contributed by atoms with van der Waals surface area (Å²) in [7, 11) is 1.65. The zero-order valence-corrected chi connectivity index (χ0v) is 13.9. The first kappa shape index (κ1) is 15.3. The fourth-order valence-corrected chi connectivity index (χ4v) is 2.65. The minimum Gasteiger partial charge on any atom is -0.497 e. The summed E-state index contributed by atoms with van der Waals surface area (Å²) < 4.78 is 6.35. The van der Waals surface area contributed by atoms with E-state index in [1.54, 1.807) is 7.11 Å². The number of rotatable bonds is 5. The van der Waals surface area contributed by atoms with Crippen LogP contribution in [-0.4, -0.2) is 17.8 Å². The molecule has 2 rings (SSSR count). The molecule has 0 fully saturated rings. The fraction of sp³-hybridized carbons (Fsp3) is 0.294. The van der Waals surface area contributed by atoms with Gasteiger partial charge in [-0.15, -0.1) is 0 Å². The van der Waals surface area contributed by atoms with Crippen LogP contribution in [0.5, 0.6) is 5.75 Å². The van der Waals surface area contributed by atoms with E-state index < -0.39 is 5.60 Å². The summed E-state index contributed by atoms with van der Waals surface area (Å²) in [6.07, 6.45) is 1.28. The molecule has 1 N–H and O–H groups in total. The smallest absolute Gasteiger partial charge is 0.118 e. The van der Waals surface area contributed by atoms with E-state index in [0.717, 1.165) is 16.9 Å². The number of methoxy groups -OCH3 is 1. The predicted molar refractivity (Wildman–Crippen MR) is 90.2 cm³/mol. The third-order valence-electron chi connectivity index (χ3n) is 3.24. The van der Waals surface area contributed by atoms with Crippen molar-refractivity contribution in [3.63, 3.8) is 0 Å². The molecule has 0 saturated carbocycles. The second-order valence-electron chi connectivity index (χ2n) is 5.33. The van der Waals surface area contributed by atoms with E-state index in [0.29, 0.717) is 12.8 Å². The van der Waals surface area contributed by atoms with Gasteiger partial charge in [-0.1, -0.05) is 24.3 Å². The number of benzene rings is 2. The summed E-state index contributed by atoms with van der Waals surface area (Å²) in [5, 5.41) is 10.6. The summed E-state index contributed by atoms with van der Waals surface area (Å²) in [4.78, 5) is 0. The van der Waals surface area contributed by atoms with Gasteiger partial charge in [-0.3, -0.25) is 0 Å². The molecule has 3 heteroatoms. The largest absolute Gasteiger partial charge is 0.497 e. The van der Waals surface area contributed by atoms with Crippen LogP contribution < -0.4 is 4.74 Å². The van der Waals surface area contributed by atoms with Crippen molar-refractivity contribution in [1.29, 1.82) is 0 Å². The molecule has 2 nitrogen and oxygen atoms in total. The SMILES string of the molecule is COc1ccc(CC(C)(O)Cc2ccc(I)cc2)cc1. The summed E-state index contributed by atoms with van der Waals surface area (Å²) in [6.45, 7) is 1.88. The summed E-state index contributed by atoms with van der Waals surface area (Å²) in [5.74, 6) is 0.839. The molecule has 0 amide bonds. The molecule has 0 aliphatic carbocycles. The molecule has 0 heterocycles. The highest BCUT2D eigenvalue weighted by Gasteiger charge is 2.21. The molecule has 0 saturated heterocycles. The Kier molecular flexibility index (Phi) is 5.05. The predicted octanol–water partition coefficient (Wildman–Crippen LogP) is 3.84. The maximum absolute atomic E-state index is 10.6. The molecule has 2 aromatic rings. The topological polar surface area (TPSA) is 29.5 Å². The van der Waals surface area contributed by atoms with Gasteiger partial charge in [0.1, 0.15) is 5.75 Å². The van der Waals surface area contributed by atoms with Crippen LogP contribution in [0.3, 0.4) is 0 Å². The van der Waals surface area contributed by atoms with E-state index >= 15 is 0 Å². The van der Waals surface area contributed by atoms with E-state index in [4.69, 9.17) is 4.74 Å². The second kappa shape index (κ2) is 6.59. The van der Waals surface area contributed by atoms with Crippen LogP contribution >= 0.6 is 22.6 Å². The Morgan fingerprint density at radius 2 is 1.40 bits per heavy atom. The van der Waals surface area contributed by atoms with Gasteiger partial charge in [-0.05, 0) is 64.9 Å². The highest BCUT2D eigenvalue weighted by atomic mass is 127. The average Bonchev–Trinajstić information content (AvgIpc) is 2.41. The lowest BCUT2D eigenvalue weighted by Crippen LogP contribution is -2.30. The van der Waals surface area contributed by atoms with Gasteiger partial charge >= 0.3 is 0 Å². The van der Waals surface area contributed by atoms with Gasteiger partial charge in [0, 0.05) is 16.4 Å². The monoisotopic (exact) mass is 382 g/mol. The normalized spacial score (nSPS) is 13.8. The summed E-state index contributed by atoms with van der Waals surface area (Å²) in [5.41, 5.74) is 1.52. The van der Waals surface area contributed by atoms with Crippen molar-refractivity contribution < 1.29 is 9.84 Å². The van der Waals surface area contributed by atoms with E-state index in [1.807, 2.05) is 31.2 Å².